The first-order valence-corrected chi connectivity index (χ1v) is 6.11. The van der Waals surface area contributed by atoms with E-state index in [-0.39, 0.29) is 17.5 Å². The lowest BCUT2D eigenvalue weighted by Crippen LogP contribution is -1.99. The van der Waals surface area contributed by atoms with Crippen molar-refractivity contribution in [2.45, 2.75) is 12.3 Å². The molecule has 1 aliphatic carbocycles. The van der Waals surface area contributed by atoms with Crippen molar-refractivity contribution in [2.75, 3.05) is 0 Å². The molecule has 0 fully saturated rings. The van der Waals surface area contributed by atoms with Crippen LogP contribution < -0.4 is 0 Å². The number of hydrogen-bond acceptors (Lipinski definition) is 1. The molecule has 1 atom stereocenters. The molecule has 0 unspecified atom stereocenters. The van der Waals surface area contributed by atoms with E-state index in [0.29, 0.717) is 22.6 Å². The van der Waals surface area contributed by atoms with Crippen LogP contribution in [0.2, 0.25) is 5.02 Å². The fourth-order valence-corrected chi connectivity index (χ4v) is 2.70. The van der Waals surface area contributed by atoms with Gasteiger partial charge < -0.3 is 0 Å². The van der Waals surface area contributed by atoms with Gasteiger partial charge in [-0.2, -0.15) is 0 Å². The highest BCUT2D eigenvalue weighted by Gasteiger charge is 2.31. The monoisotopic (exact) mass is 260 g/mol. The molecule has 2 aromatic carbocycles. The minimum absolute atomic E-state index is 0.0509. The first kappa shape index (κ1) is 11.4. The Morgan fingerprint density at radius 3 is 2.67 bits per heavy atom. The number of halogens is 2. The number of carbonyl (C=O) groups excluding carboxylic acids is 1. The molecule has 0 saturated carbocycles. The van der Waals surface area contributed by atoms with Crippen LogP contribution >= 0.6 is 11.6 Å². The summed E-state index contributed by atoms with van der Waals surface area (Å²) in [6.45, 7) is 0. The van der Waals surface area contributed by atoms with E-state index in [1.54, 1.807) is 36.4 Å². The van der Waals surface area contributed by atoms with Gasteiger partial charge in [0.1, 0.15) is 5.82 Å². The van der Waals surface area contributed by atoms with E-state index in [1.807, 2.05) is 0 Å². The molecule has 90 valence electrons. The predicted molar refractivity (Wildman–Crippen MR) is 68.6 cm³/mol. The van der Waals surface area contributed by atoms with Crippen molar-refractivity contribution >= 4 is 17.4 Å². The van der Waals surface area contributed by atoms with Gasteiger partial charge in [-0.25, -0.2) is 4.39 Å². The van der Waals surface area contributed by atoms with Crippen LogP contribution in [0, 0.1) is 5.82 Å². The molecule has 0 saturated heterocycles. The summed E-state index contributed by atoms with van der Waals surface area (Å²) >= 11 is 5.96. The summed E-state index contributed by atoms with van der Waals surface area (Å²) in [5.41, 5.74) is 2.05. The third-order valence-corrected chi connectivity index (χ3v) is 3.59. The lowest BCUT2D eigenvalue weighted by atomic mass is 9.93. The first-order valence-electron chi connectivity index (χ1n) is 5.74. The molecule has 0 aromatic heterocycles. The molecular formula is C15H10ClFO. The van der Waals surface area contributed by atoms with Gasteiger partial charge in [-0.1, -0.05) is 29.8 Å². The average molecular weight is 261 g/mol. The van der Waals surface area contributed by atoms with Crippen LogP contribution in [0.25, 0.3) is 0 Å². The number of fused-ring (bicyclic) bond motifs is 1. The Balaban J connectivity index is 2.16. The molecule has 2 aromatic rings. The molecule has 3 rings (SSSR count). The lowest BCUT2D eigenvalue weighted by molar-refractivity contribution is 0.0991. The molecule has 3 heteroatoms. The summed E-state index contributed by atoms with van der Waals surface area (Å²) in [6, 6.07) is 11.8. The van der Waals surface area contributed by atoms with E-state index in [9.17, 15) is 9.18 Å². The highest BCUT2D eigenvalue weighted by atomic mass is 35.5. The zero-order chi connectivity index (χ0) is 12.7. The Hall–Kier alpha value is -1.67. The van der Waals surface area contributed by atoms with Gasteiger partial charge in [0.05, 0.1) is 0 Å². The van der Waals surface area contributed by atoms with Crippen LogP contribution in [-0.4, -0.2) is 5.78 Å². The number of rotatable bonds is 1. The zero-order valence-corrected chi connectivity index (χ0v) is 10.2. The van der Waals surface area contributed by atoms with Crippen LogP contribution in [-0.2, 0) is 0 Å². The summed E-state index contributed by atoms with van der Waals surface area (Å²) < 4.78 is 13.8. The molecule has 1 nitrogen and oxygen atoms in total. The third-order valence-electron chi connectivity index (χ3n) is 3.36. The van der Waals surface area contributed by atoms with E-state index in [1.165, 1.54) is 6.07 Å². The van der Waals surface area contributed by atoms with Gasteiger partial charge in [0, 0.05) is 22.9 Å². The second kappa shape index (κ2) is 4.21. The van der Waals surface area contributed by atoms with Crippen LogP contribution in [0.3, 0.4) is 0 Å². The van der Waals surface area contributed by atoms with Crippen molar-refractivity contribution < 1.29 is 9.18 Å². The second-order valence-corrected chi connectivity index (χ2v) is 4.87. The minimum Gasteiger partial charge on any atom is -0.294 e. The van der Waals surface area contributed by atoms with Crippen molar-refractivity contribution in [3.8, 4) is 0 Å². The molecule has 1 aliphatic rings. The molecule has 0 aliphatic heterocycles. The van der Waals surface area contributed by atoms with Gasteiger partial charge in [0.2, 0.25) is 0 Å². The van der Waals surface area contributed by atoms with E-state index >= 15 is 0 Å². The van der Waals surface area contributed by atoms with Gasteiger partial charge in [0.25, 0.3) is 0 Å². The normalized spacial score (nSPS) is 17.9. The molecule has 0 spiro atoms. The predicted octanol–water partition coefficient (Wildman–Crippen LogP) is 4.20. The fraction of sp³-hybridized carbons (Fsp3) is 0.133. The van der Waals surface area contributed by atoms with Gasteiger partial charge in [-0.15, -0.1) is 0 Å². The maximum Gasteiger partial charge on any atom is 0.164 e. The number of Topliss-reactive ketones (excluding diaryl/α,β-unsaturated/α-hetero) is 1. The SMILES string of the molecule is O=C1C[C@@H](c2ccccc2F)c2cc(Cl)ccc21. The molecule has 0 radical (unpaired) electrons. The van der Waals surface area contributed by atoms with Crippen LogP contribution in [0.5, 0.6) is 0 Å². The Bertz CT molecular complexity index is 636. The summed E-state index contributed by atoms with van der Waals surface area (Å²) in [4.78, 5) is 11.9. The Morgan fingerprint density at radius 1 is 1.11 bits per heavy atom. The third kappa shape index (κ3) is 1.73. The van der Waals surface area contributed by atoms with Crippen LogP contribution in [0.1, 0.15) is 33.8 Å². The van der Waals surface area contributed by atoms with Crippen molar-refractivity contribution in [3.63, 3.8) is 0 Å². The summed E-state index contributed by atoms with van der Waals surface area (Å²) in [7, 11) is 0. The molecule has 0 N–H and O–H groups in total. The van der Waals surface area contributed by atoms with Gasteiger partial charge in [-0.3, -0.25) is 4.79 Å². The quantitative estimate of drug-likeness (QED) is 0.751. The highest BCUT2D eigenvalue weighted by Crippen LogP contribution is 2.39. The zero-order valence-electron chi connectivity index (χ0n) is 9.49. The Labute approximate surface area is 109 Å². The molecular weight excluding hydrogens is 251 g/mol. The number of ketones is 1. The first-order chi connectivity index (χ1) is 8.66. The van der Waals surface area contributed by atoms with Gasteiger partial charge in [-0.05, 0) is 35.4 Å². The molecule has 0 heterocycles. The number of carbonyl (C=O) groups is 1. The molecule has 18 heavy (non-hydrogen) atoms. The minimum atomic E-state index is -0.275. The summed E-state index contributed by atoms with van der Waals surface area (Å²) in [6.07, 6.45) is 0.316. The van der Waals surface area contributed by atoms with Crippen molar-refractivity contribution in [1.29, 1.82) is 0 Å². The van der Waals surface area contributed by atoms with E-state index in [2.05, 4.69) is 0 Å². The Kier molecular flexibility index (Phi) is 2.67. The van der Waals surface area contributed by atoms with Crippen molar-refractivity contribution in [2.24, 2.45) is 0 Å². The average Bonchev–Trinajstić information content (AvgIpc) is 2.67. The van der Waals surface area contributed by atoms with Crippen LogP contribution in [0.4, 0.5) is 4.39 Å². The fourth-order valence-electron chi connectivity index (χ4n) is 2.52. The number of hydrogen-bond donors (Lipinski definition) is 0. The number of benzene rings is 2. The lowest BCUT2D eigenvalue weighted by Gasteiger charge is -2.12. The van der Waals surface area contributed by atoms with E-state index < -0.39 is 0 Å². The molecule has 0 bridgehead atoms. The standard InChI is InChI=1S/C15H10ClFO/c16-9-5-6-11-12(7-9)13(8-15(11)18)10-3-1-2-4-14(10)17/h1-7,13H,8H2/t13-/m0/s1. The maximum absolute atomic E-state index is 13.8. The van der Waals surface area contributed by atoms with E-state index in [4.69, 9.17) is 11.6 Å². The highest BCUT2D eigenvalue weighted by molar-refractivity contribution is 6.30. The largest absolute Gasteiger partial charge is 0.294 e. The van der Waals surface area contributed by atoms with Crippen molar-refractivity contribution in [1.82, 2.24) is 0 Å². The molecule has 0 amide bonds. The summed E-state index contributed by atoms with van der Waals surface area (Å²) in [5, 5.41) is 0.574. The second-order valence-electron chi connectivity index (χ2n) is 4.43. The van der Waals surface area contributed by atoms with Gasteiger partial charge >= 0.3 is 0 Å². The Morgan fingerprint density at radius 2 is 1.89 bits per heavy atom. The maximum atomic E-state index is 13.8. The van der Waals surface area contributed by atoms with Crippen LogP contribution in [0.15, 0.2) is 42.5 Å². The van der Waals surface area contributed by atoms with E-state index in [0.717, 1.165) is 5.56 Å². The topological polar surface area (TPSA) is 17.1 Å². The van der Waals surface area contributed by atoms with Gasteiger partial charge in [0.15, 0.2) is 5.78 Å². The van der Waals surface area contributed by atoms with Crippen molar-refractivity contribution in [3.05, 3.63) is 70.0 Å². The smallest absolute Gasteiger partial charge is 0.164 e. The summed E-state index contributed by atoms with van der Waals surface area (Å²) in [5.74, 6) is -0.439.